The summed E-state index contributed by atoms with van der Waals surface area (Å²) in [7, 11) is 0. The minimum absolute atomic E-state index is 0.0666. The summed E-state index contributed by atoms with van der Waals surface area (Å²) >= 11 is 3.22. The minimum atomic E-state index is -0.842. The van der Waals surface area contributed by atoms with Crippen LogP contribution in [0.25, 0.3) is 0 Å². The number of ether oxygens (including phenoxy) is 2. The molecule has 0 saturated carbocycles. The first-order valence-corrected chi connectivity index (χ1v) is 7.52. The summed E-state index contributed by atoms with van der Waals surface area (Å²) in [6.45, 7) is 0.0666. The van der Waals surface area contributed by atoms with Crippen LogP contribution in [0.1, 0.15) is 10.4 Å². The molecule has 2 amide bonds. The first-order chi connectivity index (χ1) is 11.1. The Morgan fingerprint density at radius 3 is 2.74 bits per heavy atom. The van der Waals surface area contributed by atoms with Gasteiger partial charge < -0.3 is 9.47 Å². The van der Waals surface area contributed by atoms with E-state index >= 15 is 0 Å². The van der Waals surface area contributed by atoms with Gasteiger partial charge in [-0.1, -0.05) is 12.1 Å². The molecule has 118 valence electrons. The molecule has 1 aromatic carbocycles. The number of halogens is 1. The van der Waals surface area contributed by atoms with Crippen molar-refractivity contribution in [2.75, 3.05) is 6.61 Å². The molecule has 0 spiro atoms. The Balaban J connectivity index is 1.57. The topological polar surface area (TPSA) is 89.6 Å². The predicted molar refractivity (Wildman–Crippen MR) is 83.9 cm³/mol. The van der Waals surface area contributed by atoms with Crippen molar-refractivity contribution in [3.63, 3.8) is 0 Å². The number of benzene rings is 1. The first kappa shape index (κ1) is 15.3. The maximum atomic E-state index is 12.1. The fourth-order valence-electron chi connectivity index (χ4n) is 1.96. The predicted octanol–water partition coefficient (Wildman–Crippen LogP) is 1.45. The largest absolute Gasteiger partial charge is 0.485 e. The summed E-state index contributed by atoms with van der Waals surface area (Å²) < 4.78 is 11.7. The molecule has 1 aromatic heterocycles. The Morgan fingerprint density at radius 1 is 1.17 bits per heavy atom. The third-order valence-electron chi connectivity index (χ3n) is 3.07. The molecular formula is C15H12BrN3O4. The Morgan fingerprint density at radius 2 is 1.96 bits per heavy atom. The van der Waals surface area contributed by atoms with Crippen LogP contribution in [0.2, 0.25) is 0 Å². The smallest absolute Gasteiger partial charge is 0.283 e. The van der Waals surface area contributed by atoms with Gasteiger partial charge in [0.15, 0.2) is 11.5 Å². The molecule has 2 aromatic rings. The fraction of sp³-hybridized carbons (Fsp3) is 0.133. The van der Waals surface area contributed by atoms with E-state index in [1.165, 1.54) is 6.20 Å². The van der Waals surface area contributed by atoms with E-state index in [0.29, 0.717) is 21.5 Å². The summed E-state index contributed by atoms with van der Waals surface area (Å²) in [5, 5.41) is 0. The van der Waals surface area contributed by atoms with Gasteiger partial charge in [-0.2, -0.15) is 0 Å². The van der Waals surface area contributed by atoms with Gasteiger partial charge in [-0.15, -0.1) is 0 Å². The molecule has 2 heterocycles. The number of aromatic nitrogens is 1. The molecule has 0 unspecified atom stereocenters. The van der Waals surface area contributed by atoms with Crippen molar-refractivity contribution in [1.82, 2.24) is 15.8 Å². The lowest BCUT2D eigenvalue weighted by atomic mass is 10.2. The quantitative estimate of drug-likeness (QED) is 0.773. The Labute approximate surface area is 140 Å². The van der Waals surface area contributed by atoms with Gasteiger partial charge in [0.2, 0.25) is 6.10 Å². The number of fused-ring (bicyclic) bond motifs is 1. The van der Waals surface area contributed by atoms with Crippen LogP contribution in [0.15, 0.2) is 47.2 Å². The number of hydrogen-bond donors (Lipinski definition) is 2. The average Bonchev–Trinajstić information content (AvgIpc) is 2.59. The summed E-state index contributed by atoms with van der Waals surface area (Å²) in [6.07, 6.45) is 2.11. The van der Waals surface area contributed by atoms with Crippen molar-refractivity contribution < 1.29 is 19.1 Å². The molecule has 8 heteroatoms. The van der Waals surface area contributed by atoms with Crippen molar-refractivity contribution in [2.45, 2.75) is 6.10 Å². The Bertz CT molecular complexity index is 753. The molecule has 3 rings (SSSR count). The van der Waals surface area contributed by atoms with Crippen LogP contribution in [0.3, 0.4) is 0 Å². The van der Waals surface area contributed by atoms with Crippen LogP contribution in [-0.2, 0) is 4.79 Å². The number of hydrazine groups is 1. The summed E-state index contributed by atoms with van der Waals surface area (Å²) in [5.74, 6) is 0.0855. The fourth-order valence-corrected chi connectivity index (χ4v) is 2.32. The monoisotopic (exact) mass is 377 g/mol. The molecule has 0 saturated heterocycles. The highest BCUT2D eigenvalue weighted by Gasteiger charge is 2.27. The average molecular weight is 378 g/mol. The van der Waals surface area contributed by atoms with Gasteiger partial charge in [-0.25, -0.2) is 0 Å². The third kappa shape index (κ3) is 3.59. The van der Waals surface area contributed by atoms with Crippen LogP contribution < -0.4 is 20.3 Å². The van der Waals surface area contributed by atoms with Gasteiger partial charge in [0.25, 0.3) is 11.8 Å². The zero-order valence-electron chi connectivity index (χ0n) is 11.8. The van der Waals surface area contributed by atoms with Crippen molar-refractivity contribution in [3.8, 4) is 11.5 Å². The van der Waals surface area contributed by atoms with Crippen molar-refractivity contribution in [2.24, 2.45) is 0 Å². The van der Waals surface area contributed by atoms with Crippen molar-refractivity contribution >= 4 is 27.7 Å². The van der Waals surface area contributed by atoms with Crippen LogP contribution in [0, 0.1) is 0 Å². The number of carbonyl (C=O) groups is 2. The van der Waals surface area contributed by atoms with Gasteiger partial charge in [0.05, 0.1) is 5.56 Å². The van der Waals surface area contributed by atoms with Crippen LogP contribution >= 0.6 is 15.9 Å². The summed E-state index contributed by atoms with van der Waals surface area (Å²) in [4.78, 5) is 27.9. The second-order valence-electron chi connectivity index (χ2n) is 4.70. The molecule has 0 aliphatic carbocycles. The lowest BCUT2D eigenvalue weighted by molar-refractivity contribution is -0.131. The van der Waals surface area contributed by atoms with E-state index < -0.39 is 17.9 Å². The van der Waals surface area contributed by atoms with E-state index in [9.17, 15) is 9.59 Å². The highest BCUT2D eigenvalue weighted by molar-refractivity contribution is 9.10. The standard InChI is InChI=1S/C15H12BrN3O4/c16-10-5-9(6-17-7-10)14(20)18-19-15(21)13-8-22-11-3-1-2-4-12(11)23-13/h1-7,13H,8H2,(H,18,20)(H,19,21)/t13-/m0/s1. The van der Waals surface area contributed by atoms with Gasteiger partial charge in [0, 0.05) is 16.9 Å². The van der Waals surface area contributed by atoms with Crippen molar-refractivity contribution in [1.29, 1.82) is 0 Å². The summed E-state index contributed by atoms with van der Waals surface area (Å²) in [6, 6.07) is 8.65. The van der Waals surface area contributed by atoms with Gasteiger partial charge in [-0.05, 0) is 34.1 Å². The molecule has 7 nitrogen and oxygen atoms in total. The number of para-hydroxylation sites is 2. The number of pyridine rings is 1. The molecule has 1 atom stereocenters. The number of amides is 2. The first-order valence-electron chi connectivity index (χ1n) is 6.73. The molecule has 1 aliphatic heterocycles. The van der Waals surface area contributed by atoms with E-state index in [-0.39, 0.29) is 6.61 Å². The molecule has 0 fully saturated rings. The lowest BCUT2D eigenvalue weighted by Gasteiger charge is -2.25. The van der Waals surface area contributed by atoms with Gasteiger partial charge >= 0.3 is 0 Å². The second kappa shape index (κ2) is 6.66. The van der Waals surface area contributed by atoms with E-state index in [2.05, 4.69) is 31.8 Å². The highest BCUT2D eigenvalue weighted by Crippen LogP contribution is 2.30. The molecule has 0 radical (unpaired) electrons. The van der Waals surface area contributed by atoms with Gasteiger partial charge in [-0.3, -0.25) is 25.4 Å². The maximum Gasteiger partial charge on any atom is 0.283 e. The van der Waals surface area contributed by atoms with Crippen LogP contribution in [0.5, 0.6) is 11.5 Å². The highest BCUT2D eigenvalue weighted by atomic mass is 79.9. The lowest BCUT2D eigenvalue weighted by Crippen LogP contribution is -2.50. The molecule has 2 N–H and O–H groups in total. The number of hydrogen-bond acceptors (Lipinski definition) is 5. The van der Waals surface area contributed by atoms with Crippen LogP contribution in [0.4, 0.5) is 0 Å². The second-order valence-corrected chi connectivity index (χ2v) is 5.62. The minimum Gasteiger partial charge on any atom is -0.485 e. The van der Waals surface area contributed by atoms with E-state index in [1.807, 2.05) is 6.07 Å². The third-order valence-corrected chi connectivity index (χ3v) is 3.50. The molecule has 0 bridgehead atoms. The van der Waals surface area contributed by atoms with Crippen LogP contribution in [-0.4, -0.2) is 29.5 Å². The molecule has 23 heavy (non-hydrogen) atoms. The molecular weight excluding hydrogens is 366 g/mol. The van der Waals surface area contributed by atoms with E-state index in [4.69, 9.17) is 9.47 Å². The number of rotatable bonds is 2. The number of nitrogens with one attached hydrogen (secondary N) is 2. The SMILES string of the molecule is O=C(NNC(=O)[C@@H]1COc2ccccc2O1)c1cncc(Br)c1. The maximum absolute atomic E-state index is 12.1. The van der Waals surface area contributed by atoms with Gasteiger partial charge in [0.1, 0.15) is 6.61 Å². The number of nitrogens with zero attached hydrogens (tertiary/aromatic N) is 1. The normalized spacial score (nSPS) is 15.6. The van der Waals surface area contributed by atoms with Crippen molar-refractivity contribution in [3.05, 3.63) is 52.8 Å². The summed E-state index contributed by atoms with van der Waals surface area (Å²) in [5.41, 5.74) is 4.94. The Hall–Kier alpha value is -2.61. The molecule has 1 aliphatic rings. The zero-order valence-corrected chi connectivity index (χ0v) is 13.4. The van der Waals surface area contributed by atoms with E-state index in [1.54, 1.807) is 30.5 Å². The Kier molecular flexibility index (Phi) is 4.42. The number of carbonyl (C=O) groups excluding carboxylic acids is 2. The van der Waals surface area contributed by atoms with E-state index in [0.717, 1.165) is 0 Å². The zero-order chi connectivity index (χ0) is 16.2.